The molecule has 0 radical (unpaired) electrons. The van der Waals surface area contributed by atoms with Gasteiger partial charge in [-0.3, -0.25) is 9.69 Å². The van der Waals surface area contributed by atoms with Gasteiger partial charge in [0.2, 0.25) is 5.91 Å². The van der Waals surface area contributed by atoms with Gasteiger partial charge in [-0.1, -0.05) is 45.0 Å². The van der Waals surface area contributed by atoms with Crippen LogP contribution in [0.4, 0.5) is 0 Å². The van der Waals surface area contributed by atoms with Crippen molar-refractivity contribution in [1.82, 2.24) is 15.5 Å². The van der Waals surface area contributed by atoms with E-state index in [2.05, 4.69) is 47.6 Å². The van der Waals surface area contributed by atoms with E-state index < -0.39 is 0 Å². The van der Waals surface area contributed by atoms with Gasteiger partial charge < -0.3 is 10.6 Å². The fourth-order valence-electron chi connectivity index (χ4n) is 2.79. The van der Waals surface area contributed by atoms with E-state index >= 15 is 0 Å². The van der Waals surface area contributed by atoms with Crippen LogP contribution in [0.2, 0.25) is 0 Å². The zero-order valence-corrected chi connectivity index (χ0v) is 14.1. The summed E-state index contributed by atoms with van der Waals surface area (Å²) in [6, 6.07) is 8.41. The monoisotopic (exact) mass is 303 g/mol. The summed E-state index contributed by atoms with van der Waals surface area (Å²) in [5.74, 6) is 0.756. The molecular weight excluding hydrogens is 274 g/mol. The quantitative estimate of drug-likeness (QED) is 0.772. The summed E-state index contributed by atoms with van der Waals surface area (Å²) in [5, 5.41) is 6.34. The molecule has 2 rings (SSSR count). The van der Waals surface area contributed by atoms with E-state index in [4.69, 9.17) is 0 Å². The normalized spacial score (nSPS) is 16.4. The molecule has 0 saturated carbocycles. The van der Waals surface area contributed by atoms with E-state index in [0.29, 0.717) is 12.5 Å². The number of nitrogens with one attached hydrogen (secondary N) is 2. The Morgan fingerprint density at radius 1 is 1.27 bits per heavy atom. The number of nitrogens with zero attached hydrogens (tertiary/aromatic N) is 1. The first-order valence-electron chi connectivity index (χ1n) is 8.43. The number of carbonyl (C=O) groups excluding carboxylic acids is 1. The lowest BCUT2D eigenvalue weighted by molar-refractivity contribution is -0.126. The predicted octanol–water partition coefficient (Wildman–Crippen LogP) is 2.00. The highest BCUT2D eigenvalue weighted by Gasteiger charge is 2.28. The van der Waals surface area contributed by atoms with Gasteiger partial charge in [-0.05, 0) is 43.2 Å². The fraction of sp³-hybridized carbons (Fsp3) is 0.611. The number of amides is 1. The first-order valence-corrected chi connectivity index (χ1v) is 8.43. The highest BCUT2D eigenvalue weighted by molar-refractivity contribution is 5.78. The number of rotatable bonds is 8. The van der Waals surface area contributed by atoms with Crippen molar-refractivity contribution in [2.24, 2.45) is 11.8 Å². The first-order chi connectivity index (χ1) is 10.7. The molecule has 1 unspecified atom stereocenters. The van der Waals surface area contributed by atoms with Crippen LogP contribution in [0, 0.1) is 11.8 Å². The van der Waals surface area contributed by atoms with E-state index in [1.807, 2.05) is 13.0 Å². The molecule has 1 atom stereocenters. The maximum absolute atomic E-state index is 12.2. The molecular formula is C18H29N3O. The van der Waals surface area contributed by atoms with Crippen LogP contribution >= 0.6 is 0 Å². The van der Waals surface area contributed by atoms with E-state index in [1.54, 1.807) is 0 Å². The smallest absolute Gasteiger partial charge is 0.223 e. The molecule has 1 amide bonds. The molecule has 22 heavy (non-hydrogen) atoms. The van der Waals surface area contributed by atoms with Gasteiger partial charge in [0.15, 0.2) is 0 Å². The van der Waals surface area contributed by atoms with Gasteiger partial charge in [0.1, 0.15) is 0 Å². The molecule has 1 aliphatic heterocycles. The summed E-state index contributed by atoms with van der Waals surface area (Å²) in [4.78, 5) is 14.6. The highest BCUT2D eigenvalue weighted by Crippen LogP contribution is 2.17. The number of hydrogen-bond donors (Lipinski definition) is 2. The molecule has 4 nitrogen and oxygen atoms in total. The van der Waals surface area contributed by atoms with Gasteiger partial charge in [0.05, 0.1) is 0 Å². The molecule has 1 aromatic rings. The Labute approximate surface area is 134 Å². The molecule has 0 bridgehead atoms. The van der Waals surface area contributed by atoms with Crippen LogP contribution in [0.5, 0.6) is 0 Å². The molecule has 122 valence electrons. The second-order valence-electron chi connectivity index (χ2n) is 6.15. The minimum atomic E-state index is 0.0937. The van der Waals surface area contributed by atoms with Crippen LogP contribution < -0.4 is 10.6 Å². The molecule has 0 spiro atoms. The van der Waals surface area contributed by atoms with Crippen molar-refractivity contribution in [2.75, 3.05) is 26.2 Å². The zero-order chi connectivity index (χ0) is 15.9. The summed E-state index contributed by atoms with van der Waals surface area (Å²) in [7, 11) is 0. The topological polar surface area (TPSA) is 44.4 Å². The molecule has 1 saturated heterocycles. The molecule has 1 fully saturated rings. The van der Waals surface area contributed by atoms with Crippen LogP contribution in [0.25, 0.3) is 0 Å². The van der Waals surface area contributed by atoms with Crippen molar-refractivity contribution in [3.8, 4) is 0 Å². The van der Waals surface area contributed by atoms with Crippen LogP contribution in [0.3, 0.4) is 0 Å². The lowest BCUT2D eigenvalue weighted by Gasteiger charge is -2.31. The van der Waals surface area contributed by atoms with Crippen molar-refractivity contribution in [3.05, 3.63) is 35.4 Å². The third-order valence-electron chi connectivity index (χ3n) is 4.79. The maximum atomic E-state index is 12.2. The van der Waals surface area contributed by atoms with Gasteiger partial charge in [-0.15, -0.1) is 0 Å². The Hall–Kier alpha value is -1.39. The molecule has 4 heteroatoms. The average Bonchev–Trinajstić information content (AvgIpc) is 2.49. The van der Waals surface area contributed by atoms with Crippen LogP contribution in [0.15, 0.2) is 24.3 Å². The predicted molar refractivity (Wildman–Crippen MR) is 90.4 cm³/mol. The van der Waals surface area contributed by atoms with Gasteiger partial charge in [0, 0.05) is 19.0 Å². The lowest BCUT2D eigenvalue weighted by Crippen LogP contribution is -2.49. The van der Waals surface area contributed by atoms with Gasteiger partial charge in [-0.2, -0.15) is 0 Å². The average molecular weight is 303 g/mol. The minimum Gasteiger partial charge on any atom is -0.352 e. The van der Waals surface area contributed by atoms with Crippen LogP contribution in [0.1, 0.15) is 31.9 Å². The molecule has 2 N–H and O–H groups in total. The van der Waals surface area contributed by atoms with Gasteiger partial charge in [0.25, 0.3) is 0 Å². The van der Waals surface area contributed by atoms with E-state index in [-0.39, 0.29) is 11.8 Å². The first kappa shape index (κ1) is 17.0. The lowest BCUT2D eigenvalue weighted by atomic mass is 9.88. The van der Waals surface area contributed by atoms with Crippen molar-refractivity contribution in [2.45, 2.75) is 33.9 Å². The van der Waals surface area contributed by atoms with E-state index in [0.717, 1.165) is 32.7 Å². The maximum Gasteiger partial charge on any atom is 0.223 e. The van der Waals surface area contributed by atoms with E-state index in [9.17, 15) is 4.79 Å². The Kier molecular flexibility index (Phi) is 6.40. The summed E-state index contributed by atoms with van der Waals surface area (Å²) in [5.41, 5.74) is 2.53. The number of benzene rings is 1. The molecule has 0 aromatic heterocycles. The molecule has 1 aliphatic rings. The van der Waals surface area contributed by atoms with Crippen molar-refractivity contribution >= 4 is 5.91 Å². The second kappa shape index (κ2) is 8.30. The van der Waals surface area contributed by atoms with Crippen LogP contribution in [-0.4, -0.2) is 37.0 Å². The van der Waals surface area contributed by atoms with E-state index in [1.165, 1.54) is 11.1 Å². The Bertz CT molecular complexity index is 481. The highest BCUT2D eigenvalue weighted by atomic mass is 16.1. The van der Waals surface area contributed by atoms with Gasteiger partial charge >= 0.3 is 0 Å². The number of hydrogen-bond acceptors (Lipinski definition) is 3. The Morgan fingerprint density at radius 3 is 2.45 bits per heavy atom. The van der Waals surface area contributed by atoms with Crippen molar-refractivity contribution < 1.29 is 4.79 Å². The summed E-state index contributed by atoms with van der Waals surface area (Å²) in [6.45, 7) is 12.0. The van der Waals surface area contributed by atoms with Crippen molar-refractivity contribution in [1.29, 1.82) is 0 Å². The summed E-state index contributed by atoms with van der Waals surface area (Å²) in [6.07, 6.45) is 0. The fourth-order valence-corrected chi connectivity index (χ4v) is 2.79. The second-order valence-corrected chi connectivity index (χ2v) is 6.15. The van der Waals surface area contributed by atoms with Crippen LogP contribution in [-0.2, 0) is 17.9 Å². The Balaban J connectivity index is 1.92. The van der Waals surface area contributed by atoms with Crippen molar-refractivity contribution in [3.63, 3.8) is 0 Å². The third-order valence-corrected chi connectivity index (χ3v) is 4.79. The summed E-state index contributed by atoms with van der Waals surface area (Å²) < 4.78 is 0. The standard InChI is InChI=1S/C18H29N3O/c1-4-21(5-2)13-16-9-7-6-8-15(16)12-20-18(22)14(3)17-10-19-11-17/h6-9,14,17,19H,4-5,10-13H2,1-3H3,(H,20,22). The van der Waals surface area contributed by atoms with Gasteiger partial charge in [-0.25, -0.2) is 0 Å². The Morgan fingerprint density at radius 2 is 1.91 bits per heavy atom. The molecule has 0 aliphatic carbocycles. The molecule has 1 aromatic carbocycles. The molecule has 1 heterocycles. The summed E-state index contributed by atoms with van der Waals surface area (Å²) >= 11 is 0. The third kappa shape index (κ3) is 4.31. The SMILES string of the molecule is CCN(CC)Cc1ccccc1CNC(=O)C(C)C1CNC1. The number of carbonyl (C=O) groups is 1. The minimum absolute atomic E-state index is 0.0937. The zero-order valence-electron chi connectivity index (χ0n) is 14.1. The largest absolute Gasteiger partial charge is 0.352 e.